The summed E-state index contributed by atoms with van der Waals surface area (Å²) in [6, 6.07) is -0.0885. The predicted molar refractivity (Wildman–Crippen MR) is 61.9 cm³/mol. The maximum Gasteiger partial charge on any atom is 0.237 e. The highest BCUT2D eigenvalue weighted by molar-refractivity contribution is 5.83. The summed E-state index contributed by atoms with van der Waals surface area (Å²) in [7, 11) is 3.43. The first-order valence-corrected chi connectivity index (χ1v) is 5.73. The molecule has 0 aromatic heterocycles. The topological polar surface area (TPSA) is 61.4 Å². The molecule has 5 heteroatoms. The Morgan fingerprint density at radius 2 is 2.12 bits per heavy atom. The normalized spacial score (nSPS) is 24.2. The lowest BCUT2D eigenvalue weighted by Crippen LogP contribution is -2.44. The van der Waals surface area contributed by atoms with Gasteiger partial charge >= 0.3 is 0 Å². The Bertz CT molecular complexity index is 266. The first kappa shape index (κ1) is 13.0. The number of hydrogen-bond acceptors (Lipinski definition) is 3. The Kier molecular flexibility index (Phi) is 4.73. The van der Waals surface area contributed by atoms with Crippen LogP contribution in [0, 0.1) is 5.92 Å². The molecule has 2 atom stereocenters. The van der Waals surface area contributed by atoms with Crippen molar-refractivity contribution in [1.29, 1.82) is 0 Å². The van der Waals surface area contributed by atoms with E-state index in [4.69, 9.17) is 0 Å². The first-order chi connectivity index (χ1) is 7.52. The first-order valence-electron chi connectivity index (χ1n) is 5.73. The number of hydrogen-bond donors (Lipinski definition) is 2. The Labute approximate surface area is 96.6 Å². The minimum Gasteiger partial charge on any atom is -0.354 e. The summed E-state index contributed by atoms with van der Waals surface area (Å²) in [4.78, 5) is 24.5. The van der Waals surface area contributed by atoms with E-state index in [1.54, 1.807) is 14.1 Å². The molecule has 16 heavy (non-hydrogen) atoms. The van der Waals surface area contributed by atoms with Gasteiger partial charge in [-0.25, -0.2) is 0 Å². The van der Waals surface area contributed by atoms with E-state index < -0.39 is 0 Å². The zero-order valence-electron chi connectivity index (χ0n) is 10.2. The predicted octanol–water partition coefficient (Wildman–Crippen LogP) is -0.421. The van der Waals surface area contributed by atoms with E-state index in [1.807, 2.05) is 0 Å². The third-order valence-corrected chi connectivity index (χ3v) is 2.95. The van der Waals surface area contributed by atoms with Gasteiger partial charge in [0.2, 0.25) is 11.8 Å². The summed E-state index contributed by atoms with van der Waals surface area (Å²) in [6.45, 7) is 3.38. The van der Waals surface area contributed by atoms with Crippen molar-refractivity contribution < 1.29 is 9.59 Å². The van der Waals surface area contributed by atoms with Crippen LogP contribution in [0.4, 0.5) is 0 Å². The monoisotopic (exact) mass is 227 g/mol. The molecule has 0 saturated carbocycles. The van der Waals surface area contributed by atoms with E-state index in [-0.39, 0.29) is 17.9 Å². The maximum absolute atomic E-state index is 11.7. The highest BCUT2D eigenvalue weighted by Crippen LogP contribution is 2.13. The second-order valence-electron chi connectivity index (χ2n) is 4.53. The molecule has 1 fully saturated rings. The van der Waals surface area contributed by atoms with Crippen molar-refractivity contribution in [3.8, 4) is 0 Å². The molecule has 0 bridgehead atoms. The van der Waals surface area contributed by atoms with E-state index in [9.17, 15) is 9.59 Å². The average Bonchev–Trinajstić information content (AvgIpc) is 2.64. The Morgan fingerprint density at radius 3 is 2.62 bits per heavy atom. The summed E-state index contributed by atoms with van der Waals surface area (Å²) in [5.74, 6) is 0.425. The lowest BCUT2D eigenvalue weighted by atomic mass is 10.0. The van der Waals surface area contributed by atoms with Crippen LogP contribution in [-0.2, 0) is 9.59 Å². The van der Waals surface area contributed by atoms with Gasteiger partial charge in [0.1, 0.15) is 0 Å². The molecule has 0 spiro atoms. The summed E-state index contributed by atoms with van der Waals surface area (Å²) in [5, 5.41) is 5.95. The van der Waals surface area contributed by atoms with Crippen LogP contribution in [0.5, 0.6) is 0 Å². The summed E-state index contributed by atoms with van der Waals surface area (Å²) >= 11 is 0. The van der Waals surface area contributed by atoms with E-state index in [2.05, 4.69) is 17.6 Å². The molecule has 1 heterocycles. The molecule has 1 aliphatic heterocycles. The van der Waals surface area contributed by atoms with Gasteiger partial charge in [-0.1, -0.05) is 6.92 Å². The van der Waals surface area contributed by atoms with Crippen molar-refractivity contribution in [2.24, 2.45) is 5.92 Å². The van der Waals surface area contributed by atoms with Crippen molar-refractivity contribution in [1.82, 2.24) is 15.5 Å². The Morgan fingerprint density at radius 1 is 1.44 bits per heavy atom. The lowest BCUT2D eigenvalue weighted by Gasteiger charge is -2.16. The van der Waals surface area contributed by atoms with Crippen LogP contribution in [0.2, 0.25) is 0 Å². The lowest BCUT2D eigenvalue weighted by molar-refractivity contribution is -0.128. The summed E-state index contributed by atoms with van der Waals surface area (Å²) in [5.41, 5.74) is 0. The smallest absolute Gasteiger partial charge is 0.237 e. The number of nitrogens with one attached hydrogen (secondary N) is 2. The van der Waals surface area contributed by atoms with Crippen LogP contribution in [-0.4, -0.2) is 49.9 Å². The van der Waals surface area contributed by atoms with Crippen LogP contribution >= 0.6 is 0 Å². The highest BCUT2D eigenvalue weighted by atomic mass is 16.2. The van der Waals surface area contributed by atoms with E-state index in [0.29, 0.717) is 18.9 Å². The Balaban J connectivity index is 2.22. The number of carbonyl (C=O) groups is 2. The van der Waals surface area contributed by atoms with Crippen molar-refractivity contribution in [3.05, 3.63) is 0 Å². The summed E-state index contributed by atoms with van der Waals surface area (Å²) in [6.07, 6.45) is 1.40. The van der Waals surface area contributed by atoms with Crippen LogP contribution in [0.1, 0.15) is 19.8 Å². The molecule has 1 saturated heterocycles. The number of rotatable bonds is 4. The van der Waals surface area contributed by atoms with Crippen LogP contribution in [0.3, 0.4) is 0 Å². The van der Waals surface area contributed by atoms with E-state index in [1.165, 1.54) is 4.90 Å². The maximum atomic E-state index is 11.7. The molecule has 0 aliphatic carbocycles. The van der Waals surface area contributed by atoms with Crippen LogP contribution in [0.25, 0.3) is 0 Å². The van der Waals surface area contributed by atoms with Gasteiger partial charge in [-0.15, -0.1) is 0 Å². The molecule has 0 aromatic carbocycles. The van der Waals surface area contributed by atoms with E-state index >= 15 is 0 Å². The van der Waals surface area contributed by atoms with Crippen molar-refractivity contribution in [3.63, 3.8) is 0 Å². The minimum absolute atomic E-state index is 0.0107. The van der Waals surface area contributed by atoms with Gasteiger partial charge in [-0.05, 0) is 18.9 Å². The fourth-order valence-electron chi connectivity index (χ4n) is 1.81. The number of carbonyl (C=O) groups excluding carboxylic acids is 2. The van der Waals surface area contributed by atoms with Crippen molar-refractivity contribution in [2.75, 3.05) is 27.2 Å². The third kappa shape index (κ3) is 3.48. The second-order valence-corrected chi connectivity index (χ2v) is 4.53. The molecular weight excluding hydrogens is 206 g/mol. The van der Waals surface area contributed by atoms with Gasteiger partial charge in [0.05, 0.1) is 6.04 Å². The van der Waals surface area contributed by atoms with Gasteiger partial charge in [0, 0.05) is 27.1 Å². The average molecular weight is 227 g/mol. The quantitative estimate of drug-likeness (QED) is 0.685. The number of amides is 2. The standard InChI is InChI=1S/C11H21N3O2/c1-8-4-6-12-10(8)11(16)13-7-5-9(15)14(2)3/h8,10,12H,4-7H2,1-3H3,(H,13,16). The van der Waals surface area contributed by atoms with Crippen molar-refractivity contribution >= 4 is 11.8 Å². The zero-order chi connectivity index (χ0) is 12.1. The van der Waals surface area contributed by atoms with Gasteiger partial charge in [0.25, 0.3) is 0 Å². The fraction of sp³-hybridized carbons (Fsp3) is 0.818. The largest absolute Gasteiger partial charge is 0.354 e. The molecular formula is C11H21N3O2. The molecule has 2 N–H and O–H groups in total. The van der Waals surface area contributed by atoms with E-state index in [0.717, 1.165) is 13.0 Å². The van der Waals surface area contributed by atoms with Crippen molar-refractivity contribution in [2.45, 2.75) is 25.8 Å². The van der Waals surface area contributed by atoms with Gasteiger partial charge < -0.3 is 15.5 Å². The fourth-order valence-corrected chi connectivity index (χ4v) is 1.81. The minimum atomic E-state index is -0.0885. The zero-order valence-corrected chi connectivity index (χ0v) is 10.2. The van der Waals surface area contributed by atoms with Gasteiger partial charge in [0.15, 0.2) is 0 Å². The summed E-state index contributed by atoms with van der Waals surface area (Å²) < 4.78 is 0. The Hall–Kier alpha value is -1.10. The van der Waals surface area contributed by atoms with Crippen LogP contribution < -0.4 is 10.6 Å². The molecule has 0 radical (unpaired) electrons. The molecule has 0 aromatic rings. The third-order valence-electron chi connectivity index (χ3n) is 2.95. The van der Waals surface area contributed by atoms with Crippen LogP contribution in [0.15, 0.2) is 0 Å². The SMILES string of the molecule is CC1CCNC1C(=O)NCCC(=O)N(C)C. The molecule has 5 nitrogen and oxygen atoms in total. The highest BCUT2D eigenvalue weighted by Gasteiger charge is 2.28. The molecule has 2 amide bonds. The molecule has 1 rings (SSSR count). The number of nitrogens with zero attached hydrogens (tertiary/aromatic N) is 1. The molecule has 2 unspecified atom stereocenters. The van der Waals surface area contributed by atoms with Gasteiger partial charge in [-0.2, -0.15) is 0 Å². The molecule has 92 valence electrons. The molecule has 1 aliphatic rings. The van der Waals surface area contributed by atoms with Gasteiger partial charge in [-0.3, -0.25) is 9.59 Å². The second kappa shape index (κ2) is 5.84.